The molecule has 0 spiro atoms. The Hall–Kier alpha value is -3.33. The van der Waals surface area contributed by atoms with E-state index in [9.17, 15) is 36.2 Å². The average molecular weight is 439 g/mol. The molecular formula is C22H15F6NO2. The molecule has 2 N–H and O–H groups in total. The van der Waals surface area contributed by atoms with Crippen LogP contribution in [0, 0.1) is 0 Å². The highest BCUT2D eigenvalue weighted by Crippen LogP contribution is 2.52. The Balaban J connectivity index is 2.15. The third kappa shape index (κ3) is 4.27. The lowest BCUT2D eigenvalue weighted by atomic mass is 9.88. The number of hydrogen-bond acceptors (Lipinski definition) is 2. The smallest absolute Gasteiger partial charge is 0.369 e. The van der Waals surface area contributed by atoms with Crippen molar-refractivity contribution in [2.75, 3.05) is 5.32 Å². The van der Waals surface area contributed by atoms with Gasteiger partial charge in [0.05, 0.1) is 5.69 Å². The van der Waals surface area contributed by atoms with Gasteiger partial charge in [0.1, 0.15) is 0 Å². The highest BCUT2D eigenvalue weighted by atomic mass is 19.4. The average Bonchev–Trinajstić information content (AvgIpc) is 2.71. The van der Waals surface area contributed by atoms with E-state index in [0.29, 0.717) is 11.6 Å². The monoisotopic (exact) mass is 439 g/mol. The second-order valence-corrected chi connectivity index (χ2v) is 6.65. The number of carbonyl (C=O) groups excluding carboxylic acids is 1. The fourth-order valence-corrected chi connectivity index (χ4v) is 3.07. The normalized spacial score (nSPS) is 13.0. The minimum absolute atomic E-state index is 0.0895. The Morgan fingerprint density at radius 2 is 1.39 bits per heavy atom. The maximum atomic E-state index is 13.5. The lowest BCUT2D eigenvalue weighted by Crippen LogP contribution is -2.54. The van der Waals surface area contributed by atoms with Crippen molar-refractivity contribution < 1.29 is 36.2 Å². The van der Waals surface area contributed by atoms with Gasteiger partial charge < -0.3 is 10.4 Å². The molecule has 0 saturated carbocycles. The summed E-state index contributed by atoms with van der Waals surface area (Å²) in [5.74, 6) is -0.965. The molecule has 0 aliphatic rings. The summed E-state index contributed by atoms with van der Waals surface area (Å²) in [6.07, 6.45) is -9.86. The molecule has 0 fully saturated rings. The SMILES string of the molecule is O=C(/C=C/c1ccccc1)Nc1c(C(O)(C(F)(F)F)C(F)(F)F)ccc2ccccc12. The van der Waals surface area contributed by atoms with Crippen LogP contribution in [-0.2, 0) is 10.4 Å². The number of amides is 1. The number of rotatable bonds is 4. The number of fused-ring (bicyclic) bond motifs is 1. The second-order valence-electron chi connectivity index (χ2n) is 6.65. The summed E-state index contributed by atoms with van der Waals surface area (Å²) >= 11 is 0. The van der Waals surface area contributed by atoms with Crippen LogP contribution in [0.15, 0.2) is 72.8 Å². The van der Waals surface area contributed by atoms with Gasteiger partial charge in [-0.25, -0.2) is 0 Å². The van der Waals surface area contributed by atoms with Crippen molar-refractivity contribution in [3.05, 3.63) is 83.9 Å². The molecule has 3 nitrogen and oxygen atoms in total. The number of aliphatic hydroxyl groups is 1. The van der Waals surface area contributed by atoms with Gasteiger partial charge in [-0.05, 0) is 17.0 Å². The van der Waals surface area contributed by atoms with E-state index in [2.05, 4.69) is 5.32 Å². The summed E-state index contributed by atoms with van der Waals surface area (Å²) < 4.78 is 80.9. The van der Waals surface area contributed by atoms with Crippen LogP contribution >= 0.6 is 0 Å². The van der Waals surface area contributed by atoms with E-state index in [4.69, 9.17) is 0 Å². The van der Waals surface area contributed by atoms with Gasteiger partial charge in [0.15, 0.2) is 0 Å². The molecule has 1 amide bonds. The molecule has 0 unspecified atom stereocenters. The molecule has 0 aromatic heterocycles. The summed E-state index contributed by atoms with van der Waals surface area (Å²) in [6, 6.07) is 15.6. The standard InChI is InChI=1S/C22H15F6NO2/c23-21(24,25)20(31,22(26,27)28)17-12-11-15-8-4-5-9-16(15)19(17)29-18(30)13-10-14-6-2-1-3-7-14/h1-13,31H,(H,29,30)/b13-10+. The van der Waals surface area contributed by atoms with E-state index in [0.717, 1.165) is 12.1 Å². The second kappa shape index (κ2) is 8.07. The molecule has 9 heteroatoms. The number of alkyl halides is 6. The zero-order chi connectivity index (χ0) is 22.9. The highest BCUT2D eigenvalue weighted by Gasteiger charge is 2.72. The molecule has 0 bridgehead atoms. The van der Waals surface area contributed by atoms with Crippen LogP contribution in [0.5, 0.6) is 0 Å². The molecule has 162 valence electrons. The van der Waals surface area contributed by atoms with Crippen molar-refractivity contribution >= 4 is 28.4 Å². The first-order valence-electron chi connectivity index (χ1n) is 8.87. The lowest BCUT2D eigenvalue weighted by Gasteiger charge is -2.34. The largest absolute Gasteiger partial charge is 0.430 e. The first-order chi connectivity index (χ1) is 14.4. The minimum atomic E-state index is -6.09. The summed E-state index contributed by atoms with van der Waals surface area (Å²) in [5, 5.41) is 12.2. The van der Waals surface area contributed by atoms with Gasteiger partial charge in [-0.3, -0.25) is 4.79 Å². The number of benzene rings is 3. The molecule has 3 aromatic rings. The van der Waals surface area contributed by atoms with Crippen molar-refractivity contribution in [2.45, 2.75) is 18.0 Å². The van der Waals surface area contributed by atoms with Crippen molar-refractivity contribution in [1.82, 2.24) is 0 Å². The maximum absolute atomic E-state index is 13.5. The first-order valence-corrected chi connectivity index (χ1v) is 8.87. The number of hydrogen-bond donors (Lipinski definition) is 2. The van der Waals surface area contributed by atoms with E-state index in [1.54, 1.807) is 30.3 Å². The molecule has 0 aliphatic carbocycles. The van der Waals surface area contributed by atoms with Gasteiger partial charge in [0.2, 0.25) is 5.91 Å². The zero-order valence-electron chi connectivity index (χ0n) is 15.6. The molecular weight excluding hydrogens is 424 g/mol. The van der Waals surface area contributed by atoms with E-state index < -0.39 is 35.1 Å². The third-order valence-corrected chi connectivity index (χ3v) is 4.61. The maximum Gasteiger partial charge on any atom is 0.430 e. The quantitative estimate of drug-likeness (QED) is 0.399. The number of carbonyl (C=O) groups is 1. The molecule has 0 radical (unpaired) electrons. The van der Waals surface area contributed by atoms with Crippen molar-refractivity contribution in [1.29, 1.82) is 0 Å². The number of nitrogens with one attached hydrogen (secondary N) is 1. The van der Waals surface area contributed by atoms with Gasteiger partial charge in [-0.15, -0.1) is 0 Å². The Kier molecular flexibility index (Phi) is 5.82. The predicted octanol–water partition coefficient (Wildman–Crippen LogP) is 5.80. The Morgan fingerprint density at radius 3 is 2.00 bits per heavy atom. The topological polar surface area (TPSA) is 49.3 Å². The first kappa shape index (κ1) is 22.4. The molecule has 3 rings (SSSR count). The van der Waals surface area contributed by atoms with Crippen LogP contribution in [-0.4, -0.2) is 23.4 Å². The van der Waals surface area contributed by atoms with Gasteiger partial charge in [0.25, 0.3) is 5.60 Å². The molecule has 3 aromatic carbocycles. The van der Waals surface area contributed by atoms with Crippen LogP contribution in [0.2, 0.25) is 0 Å². The minimum Gasteiger partial charge on any atom is -0.369 e. The van der Waals surface area contributed by atoms with Crippen molar-refractivity contribution in [3.63, 3.8) is 0 Å². The molecule has 0 saturated heterocycles. The Labute approximate surface area is 172 Å². The number of anilines is 1. The summed E-state index contributed by atoms with van der Waals surface area (Å²) in [5.41, 5.74) is -6.89. The van der Waals surface area contributed by atoms with Crippen LogP contribution < -0.4 is 5.32 Å². The van der Waals surface area contributed by atoms with Gasteiger partial charge in [-0.1, -0.05) is 66.7 Å². The lowest BCUT2D eigenvalue weighted by molar-refractivity contribution is -0.375. The van der Waals surface area contributed by atoms with Crippen LogP contribution in [0.4, 0.5) is 32.0 Å². The van der Waals surface area contributed by atoms with E-state index in [1.807, 2.05) is 0 Å². The van der Waals surface area contributed by atoms with Crippen LogP contribution in [0.1, 0.15) is 11.1 Å². The predicted molar refractivity (Wildman–Crippen MR) is 104 cm³/mol. The Bertz CT molecular complexity index is 1110. The van der Waals surface area contributed by atoms with Gasteiger partial charge in [-0.2, -0.15) is 26.3 Å². The van der Waals surface area contributed by atoms with Crippen molar-refractivity contribution in [3.8, 4) is 0 Å². The number of halogens is 6. The van der Waals surface area contributed by atoms with Gasteiger partial charge >= 0.3 is 12.4 Å². The van der Waals surface area contributed by atoms with Crippen LogP contribution in [0.3, 0.4) is 0 Å². The molecule has 0 atom stereocenters. The summed E-state index contributed by atoms with van der Waals surface area (Å²) in [4.78, 5) is 12.4. The van der Waals surface area contributed by atoms with E-state index >= 15 is 0 Å². The fourth-order valence-electron chi connectivity index (χ4n) is 3.07. The van der Waals surface area contributed by atoms with Crippen LogP contribution in [0.25, 0.3) is 16.8 Å². The van der Waals surface area contributed by atoms with Crippen molar-refractivity contribution in [2.24, 2.45) is 0 Å². The van der Waals surface area contributed by atoms with E-state index in [1.165, 1.54) is 30.3 Å². The molecule has 0 heterocycles. The third-order valence-electron chi connectivity index (χ3n) is 4.61. The molecule has 0 aliphatic heterocycles. The van der Waals surface area contributed by atoms with E-state index in [-0.39, 0.29) is 10.8 Å². The van der Waals surface area contributed by atoms with Gasteiger partial charge in [0, 0.05) is 17.0 Å². The summed E-state index contributed by atoms with van der Waals surface area (Å²) in [7, 11) is 0. The summed E-state index contributed by atoms with van der Waals surface area (Å²) in [6.45, 7) is 0. The highest BCUT2D eigenvalue weighted by molar-refractivity contribution is 6.08. The molecule has 31 heavy (non-hydrogen) atoms. The Morgan fingerprint density at radius 1 is 0.806 bits per heavy atom. The fraction of sp³-hybridized carbons (Fsp3) is 0.136. The zero-order valence-corrected chi connectivity index (χ0v) is 15.6.